The van der Waals surface area contributed by atoms with Crippen molar-refractivity contribution in [2.75, 3.05) is 12.0 Å². The lowest BCUT2D eigenvalue weighted by Crippen LogP contribution is -2.34. The molecule has 0 unspecified atom stereocenters. The van der Waals surface area contributed by atoms with E-state index in [9.17, 15) is 0 Å². The summed E-state index contributed by atoms with van der Waals surface area (Å²) in [5.74, 6) is 0.784. The summed E-state index contributed by atoms with van der Waals surface area (Å²) >= 11 is 12.6. The fourth-order valence-corrected chi connectivity index (χ4v) is 2.67. The molecule has 0 atom stereocenters. The summed E-state index contributed by atoms with van der Waals surface area (Å²) in [6.45, 7) is 2.92. The monoisotopic (exact) mass is 341 g/mol. The van der Waals surface area contributed by atoms with Gasteiger partial charge in [0.1, 0.15) is 6.33 Å². The maximum absolute atomic E-state index is 5.87. The average molecular weight is 342 g/mol. The molecule has 2 N–H and O–H groups in total. The van der Waals surface area contributed by atoms with E-state index in [0.717, 1.165) is 28.9 Å². The lowest BCUT2D eigenvalue weighted by atomic mass is 10.2. The van der Waals surface area contributed by atoms with Gasteiger partial charge in [0, 0.05) is 17.3 Å². The molecule has 2 aromatic rings. The van der Waals surface area contributed by atoms with Crippen LogP contribution >= 0.6 is 35.6 Å². The molecule has 8 heteroatoms. The van der Waals surface area contributed by atoms with Gasteiger partial charge >= 0.3 is 0 Å². The lowest BCUT2D eigenvalue weighted by Gasteiger charge is -2.11. The Morgan fingerprint density at radius 1 is 1.38 bits per heavy atom. The molecule has 1 aromatic heterocycles. The zero-order valence-electron chi connectivity index (χ0n) is 11.5. The molecule has 0 aliphatic heterocycles. The summed E-state index contributed by atoms with van der Waals surface area (Å²) in [5, 5.41) is 13.1. The molecule has 0 saturated heterocycles. The Kier molecular flexibility index (Phi) is 6.28. The highest BCUT2D eigenvalue weighted by atomic mass is 35.5. The fraction of sp³-hybridized carbons (Fsp3) is 0.308. The van der Waals surface area contributed by atoms with E-state index in [1.165, 1.54) is 5.56 Å². The maximum Gasteiger partial charge on any atom is 0.210 e. The van der Waals surface area contributed by atoms with Crippen molar-refractivity contribution in [2.45, 2.75) is 24.3 Å². The Hall–Kier alpha value is -1.31. The molecule has 0 aliphatic rings. The number of nitrogens with zero attached hydrogens (tertiary/aromatic N) is 3. The second kappa shape index (κ2) is 8.21. The predicted octanol–water partition coefficient (Wildman–Crippen LogP) is 3.05. The fourth-order valence-electron chi connectivity index (χ4n) is 1.52. The Morgan fingerprint density at radius 3 is 2.86 bits per heavy atom. The topological polar surface area (TPSA) is 54.8 Å². The van der Waals surface area contributed by atoms with Crippen LogP contribution in [0.15, 0.2) is 35.7 Å². The van der Waals surface area contributed by atoms with Crippen molar-refractivity contribution >= 4 is 40.7 Å². The quantitative estimate of drug-likeness (QED) is 0.622. The predicted molar refractivity (Wildman–Crippen MR) is 91.3 cm³/mol. The van der Waals surface area contributed by atoms with Gasteiger partial charge in [-0.1, -0.05) is 42.4 Å². The third-order valence-corrected chi connectivity index (χ3v) is 4.06. The van der Waals surface area contributed by atoms with Gasteiger partial charge in [0.25, 0.3) is 0 Å². The summed E-state index contributed by atoms with van der Waals surface area (Å²) in [4.78, 5) is 0. The van der Waals surface area contributed by atoms with E-state index in [2.05, 4.69) is 27.9 Å². The summed E-state index contributed by atoms with van der Waals surface area (Å²) in [6.07, 6.45) is 2.62. The van der Waals surface area contributed by atoms with E-state index in [4.69, 9.17) is 23.8 Å². The highest BCUT2D eigenvalue weighted by molar-refractivity contribution is 7.98. The van der Waals surface area contributed by atoms with Crippen molar-refractivity contribution in [3.8, 4) is 0 Å². The van der Waals surface area contributed by atoms with E-state index >= 15 is 0 Å². The molecule has 1 heterocycles. The van der Waals surface area contributed by atoms with Crippen LogP contribution in [0.4, 0.5) is 0 Å². The van der Waals surface area contributed by atoms with Crippen LogP contribution in [0, 0.1) is 0 Å². The number of thiocarbonyl (C=S) groups is 1. The summed E-state index contributed by atoms with van der Waals surface area (Å²) in [6, 6.07) is 7.75. The smallest absolute Gasteiger partial charge is 0.210 e. The molecule has 112 valence electrons. The number of benzene rings is 1. The van der Waals surface area contributed by atoms with Crippen molar-refractivity contribution in [1.29, 1.82) is 0 Å². The third kappa shape index (κ3) is 5.18. The van der Waals surface area contributed by atoms with Gasteiger partial charge in [-0.3, -0.25) is 5.43 Å². The number of rotatable bonds is 6. The van der Waals surface area contributed by atoms with E-state index in [0.29, 0.717) is 5.11 Å². The molecule has 1 aromatic carbocycles. The summed E-state index contributed by atoms with van der Waals surface area (Å²) in [7, 11) is 0. The molecular weight excluding hydrogens is 326 g/mol. The van der Waals surface area contributed by atoms with Crippen LogP contribution in [0.1, 0.15) is 18.9 Å². The first-order valence-electron chi connectivity index (χ1n) is 6.51. The number of aromatic nitrogens is 3. The van der Waals surface area contributed by atoms with Crippen LogP contribution in [0.2, 0.25) is 5.02 Å². The first-order valence-corrected chi connectivity index (χ1v) is 8.28. The van der Waals surface area contributed by atoms with Crippen LogP contribution in [0.3, 0.4) is 0 Å². The van der Waals surface area contributed by atoms with Gasteiger partial charge < -0.3 is 5.32 Å². The number of nitrogens with one attached hydrogen (secondary N) is 2. The Bertz CT molecular complexity index is 585. The van der Waals surface area contributed by atoms with Gasteiger partial charge in [0.2, 0.25) is 5.16 Å². The van der Waals surface area contributed by atoms with Gasteiger partial charge in [-0.25, -0.2) is 4.68 Å². The minimum absolute atomic E-state index is 0.560. The van der Waals surface area contributed by atoms with Crippen molar-refractivity contribution in [3.63, 3.8) is 0 Å². The molecule has 0 radical (unpaired) electrons. The van der Waals surface area contributed by atoms with Crippen molar-refractivity contribution < 1.29 is 0 Å². The van der Waals surface area contributed by atoms with Gasteiger partial charge in [-0.05, 0) is 36.3 Å². The molecular formula is C13H16ClN5S2. The van der Waals surface area contributed by atoms with Gasteiger partial charge in [0.05, 0.1) is 0 Å². The van der Waals surface area contributed by atoms with Crippen LogP contribution in [0.5, 0.6) is 0 Å². The SMILES string of the molecule is CCCNC(=S)Nn1cnnc1SCc1ccc(Cl)cc1. The number of halogens is 1. The maximum atomic E-state index is 5.87. The number of thioether (sulfide) groups is 1. The van der Waals surface area contributed by atoms with Gasteiger partial charge in [-0.2, -0.15) is 0 Å². The lowest BCUT2D eigenvalue weighted by molar-refractivity contribution is 0.797. The Morgan fingerprint density at radius 2 is 2.14 bits per heavy atom. The standard InChI is InChI=1S/C13H16ClN5S2/c1-2-7-15-12(20)18-19-9-16-17-13(19)21-8-10-3-5-11(14)6-4-10/h3-6,9H,2,7-8H2,1H3,(H2,15,18,20). The first-order chi connectivity index (χ1) is 10.2. The largest absolute Gasteiger partial charge is 0.361 e. The van der Waals surface area contributed by atoms with E-state index < -0.39 is 0 Å². The van der Waals surface area contributed by atoms with Crippen LogP contribution in [0.25, 0.3) is 0 Å². The highest BCUT2D eigenvalue weighted by Crippen LogP contribution is 2.21. The molecule has 0 amide bonds. The minimum Gasteiger partial charge on any atom is -0.361 e. The average Bonchev–Trinajstić information content (AvgIpc) is 2.92. The van der Waals surface area contributed by atoms with E-state index in [1.54, 1.807) is 22.8 Å². The zero-order valence-corrected chi connectivity index (χ0v) is 13.9. The third-order valence-electron chi connectivity index (χ3n) is 2.56. The van der Waals surface area contributed by atoms with Crippen LogP contribution < -0.4 is 10.7 Å². The number of hydrogen-bond acceptors (Lipinski definition) is 4. The first kappa shape index (κ1) is 16.1. The van der Waals surface area contributed by atoms with Crippen molar-refractivity contribution in [2.24, 2.45) is 0 Å². The second-order valence-electron chi connectivity index (χ2n) is 4.27. The molecule has 2 rings (SSSR count). The van der Waals surface area contributed by atoms with E-state index in [1.807, 2.05) is 24.3 Å². The van der Waals surface area contributed by atoms with E-state index in [-0.39, 0.29) is 0 Å². The molecule has 0 aliphatic carbocycles. The van der Waals surface area contributed by atoms with Gasteiger partial charge in [0.15, 0.2) is 5.11 Å². The zero-order chi connectivity index (χ0) is 15.1. The highest BCUT2D eigenvalue weighted by Gasteiger charge is 2.06. The molecule has 5 nitrogen and oxygen atoms in total. The summed E-state index contributed by atoms with van der Waals surface area (Å²) < 4.78 is 1.71. The molecule has 21 heavy (non-hydrogen) atoms. The van der Waals surface area contributed by atoms with Crippen molar-refractivity contribution in [3.05, 3.63) is 41.2 Å². The molecule has 0 saturated carbocycles. The van der Waals surface area contributed by atoms with Crippen LogP contribution in [-0.4, -0.2) is 26.5 Å². The van der Waals surface area contributed by atoms with Crippen LogP contribution in [-0.2, 0) is 5.75 Å². The number of hydrogen-bond donors (Lipinski definition) is 2. The molecule has 0 spiro atoms. The normalized spacial score (nSPS) is 10.4. The second-order valence-corrected chi connectivity index (χ2v) is 6.05. The van der Waals surface area contributed by atoms with Gasteiger partial charge in [-0.15, -0.1) is 10.2 Å². The molecule has 0 fully saturated rings. The van der Waals surface area contributed by atoms with Crippen molar-refractivity contribution in [1.82, 2.24) is 20.2 Å². The summed E-state index contributed by atoms with van der Waals surface area (Å²) in [5.41, 5.74) is 4.21. The minimum atomic E-state index is 0.560. The Labute approximate surface area is 138 Å². The Balaban J connectivity index is 1.90. The molecule has 0 bridgehead atoms.